The number of likely N-dealkylation sites (tertiary alicyclic amines) is 1. The number of nitrogens with one attached hydrogen (secondary N) is 1. The number of imidazole rings is 1. The Labute approximate surface area is 166 Å². The first kappa shape index (κ1) is 19.9. The maximum atomic E-state index is 4.90. The van der Waals surface area contributed by atoms with E-state index < -0.39 is 0 Å². The predicted octanol–water partition coefficient (Wildman–Crippen LogP) is 3.69. The third-order valence-corrected chi connectivity index (χ3v) is 5.98. The van der Waals surface area contributed by atoms with E-state index in [2.05, 4.69) is 66.0 Å². The molecular formula is C20H32N6S. The third-order valence-electron chi connectivity index (χ3n) is 5.15. The molecule has 0 amide bonds. The van der Waals surface area contributed by atoms with Crippen molar-refractivity contribution in [3.63, 3.8) is 0 Å². The molecule has 1 N–H and O–H groups in total. The molecule has 27 heavy (non-hydrogen) atoms. The maximum Gasteiger partial charge on any atom is 0.194 e. The lowest BCUT2D eigenvalue weighted by Gasteiger charge is -2.39. The van der Waals surface area contributed by atoms with Gasteiger partial charge in [0.1, 0.15) is 5.01 Å². The Bertz CT molecular complexity index is 743. The van der Waals surface area contributed by atoms with Gasteiger partial charge in [-0.25, -0.2) is 15.0 Å². The van der Waals surface area contributed by atoms with Gasteiger partial charge in [-0.2, -0.15) is 0 Å². The highest BCUT2D eigenvalue weighted by Crippen LogP contribution is 2.28. The van der Waals surface area contributed by atoms with Gasteiger partial charge < -0.3 is 14.8 Å². The van der Waals surface area contributed by atoms with Gasteiger partial charge in [-0.15, -0.1) is 11.3 Å². The van der Waals surface area contributed by atoms with Gasteiger partial charge in [0.05, 0.1) is 24.6 Å². The highest BCUT2D eigenvalue weighted by Gasteiger charge is 2.29. The minimum Gasteiger partial charge on any atom is -0.357 e. The first-order valence-electron chi connectivity index (χ1n) is 9.84. The molecule has 0 spiro atoms. The number of hydrogen-bond acceptors (Lipinski definition) is 4. The Morgan fingerprint density at radius 2 is 2.22 bits per heavy atom. The molecule has 2 unspecified atom stereocenters. The normalized spacial score (nSPS) is 21.5. The quantitative estimate of drug-likeness (QED) is 0.641. The molecule has 1 fully saturated rings. The molecule has 1 aliphatic heterocycles. The molecule has 7 heteroatoms. The summed E-state index contributed by atoms with van der Waals surface area (Å²) < 4.78 is 2.23. The zero-order valence-corrected chi connectivity index (χ0v) is 18.0. The van der Waals surface area contributed by atoms with Crippen molar-refractivity contribution in [1.29, 1.82) is 0 Å². The van der Waals surface area contributed by atoms with E-state index in [1.165, 1.54) is 0 Å². The number of nitrogens with zero attached hydrogens (tertiary/aromatic N) is 5. The molecule has 1 aliphatic rings. The summed E-state index contributed by atoms with van der Waals surface area (Å²) in [6, 6.07) is 0.428. The van der Waals surface area contributed by atoms with Crippen molar-refractivity contribution in [2.45, 2.75) is 59.0 Å². The van der Waals surface area contributed by atoms with Crippen LogP contribution in [-0.4, -0.2) is 45.0 Å². The van der Waals surface area contributed by atoms with E-state index in [-0.39, 0.29) is 5.41 Å². The van der Waals surface area contributed by atoms with Crippen molar-refractivity contribution in [1.82, 2.24) is 24.8 Å². The van der Waals surface area contributed by atoms with Crippen LogP contribution in [0, 0.1) is 5.92 Å². The first-order valence-corrected chi connectivity index (χ1v) is 10.7. The van der Waals surface area contributed by atoms with E-state index in [0.29, 0.717) is 18.5 Å². The lowest BCUT2D eigenvalue weighted by Crippen LogP contribution is -2.49. The summed E-state index contributed by atoms with van der Waals surface area (Å²) in [5.74, 6) is 1.62. The number of aromatic nitrogens is 3. The number of thiazole rings is 1. The van der Waals surface area contributed by atoms with Gasteiger partial charge in [0.15, 0.2) is 5.96 Å². The van der Waals surface area contributed by atoms with E-state index in [4.69, 9.17) is 9.98 Å². The van der Waals surface area contributed by atoms with Crippen molar-refractivity contribution < 1.29 is 0 Å². The highest BCUT2D eigenvalue weighted by atomic mass is 32.1. The Morgan fingerprint density at radius 3 is 2.85 bits per heavy atom. The summed E-state index contributed by atoms with van der Waals surface area (Å²) in [5, 5.41) is 6.71. The molecule has 0 bridgehead atoms. The van der Waals surface area contributed by atoms with E-state index in [9.17, 15) is 0 Å². The molecule has 2 aromatic rings. The Balaban J connectivity index is 1.72. The third kappa shape index (κ3) is 4.89. The van der Waals surface area contributed by atoms with Crippen molar-refractivity contribution in [3.05, 3.63) is 34.8 Å². The summed E-state index contributed by atoms with van der Waals surface area (Å²) in [4.78, 5) is 16.3. The van der Waals surface area contributed by atoms with Crippen LogP contribution in [0.2, 0.25) is 0 Å². The number of guanidine groups is 1. The fourth-order valence-corrected chi connectivity index (χ4v) is 4.34. The molecule has 1 saturated heterocycles. The van der Waals surface area contributed by atoms with E-state index >= 15 is 0 Å². The highest BCUT2D eigenvalue weighted by molar-refractivity contribution is 7.09. The maximum absolute atomic E-state index is 4.90. The summed E-state index contributed by atoms with van der Waals surface area (Å²) in [5.41, 5.74) is 1.24. The van der Waals surface area contributed by atoms with Crippen LogP contribution >= 0.6 is 11.3 Å². The minimum absolute atomic E-state index is 0.0873. The lowest BCUT2D eigenvalue weighted by atomic mass is 9.93. The largest absolute Gasteiger partial charge is 0.357 e. The van der Waals surface area contributed by atoms with E-state index in [1.54, 1.807) is 11.3 Å². The van der Waals surface area contributed by atoms with Gasteiger partial charge in [0.25, 0.3) is 0 Å². The molecule has 3 rings (SSSR count). The van der Waals surface area contributed by atoms with Crippen LogP contribution in [0.15, 0.2) is 29.1 Å². The van der Waals surface area contributed by atoms with Gasteiger partial charge >= 0.3 is 0 Å². The van der Waals surface area contributed by atoms with Crippen LogP contribution < -0.4 is 5.32 Å². The summed E-state index contributed by atoms with van der Waals surface area (Å²) in [6.45, 7) is 14.5. The second kappa shape index (κ2) is 8.42. The van der Waals surface area contributed by atoms with Gasteiger partial charge in [-0.05, 0) is 19.3 Å². The van der Waals surface area contributed by atoms with Crippen molar-refractivity contribution >= 4 is 17.3 Å². The molecule has 2 atom stereocenters. The van der Waals surface area contributed by atoms with Crippen LogP contribution in [0.5, 0.6) is 0 Å². The first-order chi connectivity index (χ1) is 12.9. The molecule has 2 aromatic heterocycles. The molecule has 0 radical (unpaired) electrons. The molecular weight excluding hydrogens is 356 g/mol. The smallest absolute Gasteiger partial charge is 0.194 e. The molecule has 3 heterocycles. The lowest BCUT2D eigenvalue weighted by molar-refractivity contribution is 0.189. The van der Waals surface area contributed by atoms with Gasteiger partial charge in [0, 0.05) is 42.8 Å². The molecule has 0 aliphatic carbocycles. The van der Waals surface area contributed by atoms with Crippen LogP contribution in [0.3, 0.4) is 0 Å². The molecule has 0 saturated carbocycles. The standard InChI is InChI=1S/C20H32N6S/c1-6-22-19(23-11-18-24-17(13-27-18)20(3,4)5)25-9-7-15(2)16(12-25)26-10-8-21-14-26/h8,10,13-16H,6-7,9,11-12H2,1-5H3,(H,22,23). The second-order valence-electron chi connectivity index (χ2n) is 8.34. The van der Waals surface area contributed by atoms with E-state index in [0.717, 1.165) is 42.7 Å². The number of aliphatic imine (C=N–C) groups is 1. The fourth-order valence-electron chi connectivity index (χ4n) is 3.39. The Hall–Kier alpha value is -1.89. The predicted molar refractivity (Wildman–Crippen MR) is 112 cm³/mol. The topological polar surface area (TPSA) is 58.3 Å². The Kier molecular flexibility index (Phi) is 6.19. The molecule has 0 aromatic carbocycles. The van der Waals surface area contributed by atoms with Crippen LogP contribution in [0.4, 0.5) is 0 Å². The fraction of sp³-hybridized carbons (Fsp3) is 0.650. The number of rotatable bonds is 4. The van der Waals surface area contributed by atoms with Gasteiger partial charge in [-0.3, -0.25) is 0 Å². The zero-order chi connectivity index (χ0) is 19.4. The average Bonchev–Trinajstić information content (AvgIpc) is 3.30. The van der Waals surface area contributed by atoms with Crippen molar-refractivity contribution in [2.75, 3.05) is 19.6 Å². The van der Waals surface area contributed by atoms with E-state index in [1.807, 2.05) is 12.5 Å². The SMILES string of the molecule is CCNC(=NCc1nc(C(C)(C)C)cs1)N1CCC(C)C(n2ccnc2)C1. The monoisotopic (exact) mass is 388 g/mol. The van der Waals surface area contributed by atoms with Crippen LogP contribution in [-0.2, 0) is 12.0 Å². The average molecular weight is 389 g/mol. The van der Waals surface area contributed by atoms with Crippen molar-refractivity contribution in [2.24, 2.45) is 10.9 Å². The molecule has 148 valence electrons. The number of piperidine rings is 1. The van der Waals surface area contributed by atoms with Gasteiger partial charge in [0.2, 0.25) is 0 Å². The van der Waals surface area contributed by atoms with Crippen LogP contribution in [0.25, 0.3) is 0 Å². The minimum atomic E-state index is 0.0873. The second-order valence-corrected chi connectivity index (χ2v) is 9.28. The zero-order valence-electron chi connectivity index (χ0n) is 17.1. The summed E-state index contributed by atoms with van der Waals surface area (Å²) in [7, 11) is 0. The summed E-state index contributed by atoms with van der Waals surface area (Å²) >= 11 is 1.71. The van der Waals surface area contributed by atoms with Crippen LogP contribution in [0.1, 0.15) is 57.8 Å². The van der Waals surface area contributed by atoms with Gasteiger partial charge in [-0.1, -0.05) is 27.7 Å². The van der Waals surface area contributed by atoms with Crippen molar-refractivity contribution in [3.8, 4) is 0 Å². The Morgan fingerprint density at radius 1 is 1.41 bits per heavy atom. The number of hydrogen-bond donors (Lipinski definition) is 1. The summed E-state index contributed by atoms with van der Waals surface area (Å²) in [6.07, 6.45) is 7.01. The molecule has 6 nitrogen and oxygen atoms in total.